The lowest BCUT2D eigenvalue weighted by Crippen LogP contribution is -2.30. The van der Waals surface area contributed by atoms with E-state index < -0.39 is 0 Å². The first-order valence-corrected chi connectivity index (χ1v) is 9.15. The predicted octanol–water partition coefficient (Wildman–Crippen LogP) is 4.96. The number of ether oxygens (including phenoxy) is 1. The number of benzene rings is 2. The Morgan fingerprint density at radius 3 is 2.68 bits per heavy atom. The second kappa shape index (κ2) is 7.07. The van der Waals surface area contributed by atoms with Crippen LogP contribution in [0.5, 0.6) is 11.5 Å². The molecule has 0 radical (unpaired) electrons. The van der Waals surface area contributed by atoms with Crippen molar-refractivity contribution in [2.45, 2.75) is 5.37 Å². The highest BCUT2D eigenvalue weighted by Crippen LogP contribution is 2.40. The van der Waals surface area contributed by atoms with Gasteiger partial charge in [0.1, 0.15) is 16.9 Å². The van der Waals surface area contributed by atoms with Gasteiger partial charge in [0.25, 0.3) is 5.91 Å². The molecule has 1 saturated heterocycles. The van der Waals surface area contributed by atoms with Gasteiger partial charge in [-0.3, -0.25) is 4.79 Å². The molecule has 126 valence electrons. The number of furan rings is 1. The molecular weight excluding hydrogens is 334 g/mol. The summed E-state index contributed by atoms with van der Waals surface area (Å²) in [5.74, 6) is 2.77. The fraction of sp³-hybridized carbons (Fsp3) is 0.150. The predicted molar refractivity (Wildman–Crippen MR) is 97.9 cm³/mol. The van der Waals surface area contributed by atoms with Crippen molar-refractivity contribution >= 4 is 17.7 Å². The van der Waals surface area contributed by atoms with Gasteiger partial charge < -0.3 is 14.1 Å². The molecule has 5 heteroatoms. The zero-order chi connectivity index (χ0) is 17.1. The van der Waals surface area contributed by atoms with Gasteiger partial charge in [-0.05, 0) is 42.0 Å². The van der Waals surface area contributed by atoms with Crippen LogP contribution in [0.3, 0.4) is 0 Å². The van der Waals surface area contributed by atoms with E-state index in [-0.39, 0.29) is 11.3 Å². The summed E-state index contributed by atoms with van der Waals surface area (Å²) in [6.07, 6.45) is 1.53. The van der Waals surface area contributed by atoms with Crippen molar-refractivity contribution < 1.29 is 13.9 Å². The van der Waals surface area contributed by atoms with E-state index in [4.69, 9.17) is 9.15 Å². The maximum atomic E-state index is 12.7. The van der Waals surface area contributed by atoms with Crippen molar-refractivity contribution in [2.75, 3.05) is 12.3 Å². The van der Waals surface area contributed by atoms with Gasteiger partial charge in [0.2, 0.25) is 0 Å². The summed E-state index contributed by atoms with van der Waals surface area (Å²) < 4.78 is 11.2. The van der Waals surface area contributed by atoms with Crippen molar-refractivity contribution in [3.05, 3.63) is 84.3 Å². The van der Waals surface area contributed by atoms with Crippen molar-refractivity contribution in [2.24, 2.45) is 0 Å². The molecule has 1 atom stereocenters. The van der Waals surface area contributed by atoms with Crippen molar-refractivity contribution in [3.63, 3.8) is 0 Å². The summed E-state index contributed by atoms with van der Waals surface area (Å²) in [4.78, 5) is 14.5. The van der Waals surface area contributed by atoms with E-state index in [1.54, 1.807) is 23.9 Å². The van der Waals surface area contributed by atoms with Crippen molar-refractivity contribution in [3.8, 4) is 11.5 Å². The van der Waals surface area contributed by atoms with Crippen LogP contribution >= 0.6 is 11.8 Å². The summed E-state index contributed by atoms with van der Waals surface area (Å²) >= 11 is 1.75. The third-order valence-electron chi connectivity index (χ3n) is 4.01. The molecule has 0 N–H and O–H groups in total. The number of hydrogen-bond acceptors (Lipinski definition) is 4. The van der Waals surface area contributed by atoms with Crippen molar-refractivity contribution in [1.29, 1.82) is 0 Å². The largest absolute Gasteiger partial charge is 0.459 e. The number of nitrogens with zero attached hydrogens (tertiary/aromatic N) is 1. The summed E-state index contributed by atoms with van der Waals surface area (Å²) in [5, 5.41) is -0.0306. The van der Waals surface area contributed by atoms with Crippen LogP contribution in [0.1, 0.15) is 21.5 Å². The molecule has 1 fully saturated rings. The molecule has 0 saturated carbocycles. The molecule has 2 aromatic carbocycles. The smallest absolute Gasteiger partial charge is 0.290 e. The van der Waals surface area contributed by atoms with Gasteiger partial charge in [-0.15, -0.1) is 11.8 Å². The highest BCUT2D eigenvalue weighted by Gasteiger charge is 2.32. The van der Waals surface area contributed by atoms with E-state index >= 15 is 0 Å². The van der Waals surface area contributed by atoms with Crippen LogP contribution in [0.25, 0.3) is 0 Å². The topological polar surface area (TPSA) is 42.7 Å². The highest BCUT2D eigenvalue weighted by molar-refractivity contribution is 7.99. The Bertz CT molecular complexity index is 848. The molecule has 0 aliphatic carbocycles. The zero-order valence-corrected chi connectivity index (χ0v) is 14.3. The van der Waals surface area contributed by atoms with Crippen LogP contribution in [0.15, 0.2) is 77.4 Å². The monoisotopic (exact) mass is 351 g/mol. The van der Waals surface area contributed by atoms with E-state index in [9.17, 15) is 4.79 Å². The lowest BCUT2D eigenvalue weighted by atomic mass is 10.2. The second-order valence-electron chi connectivity index (χ2n) is 5.69. The minimum atomic E-state index is -0.0746. The maximum absolute atomic E-state index is 12.7. The first-order chi connectivity index (χ1) is 12.3. The molecule has 1 aliphatic rings. The molecular formula is C20H17NO3S. The zero-order valence-electron chi connectivity index (χ0n) is 13.5. The first-order valence-electron chi connectivity index (χ1n) is 8.10. The minimum absolute atomic E-state index is 0.0306. The van der Waals surface area contributed by atoms with Gasteiger partial charge in [0, 0.05) is 12.3 Å². The normalized spacial score (nSPS) is 16.8. The third-order valence-corrected chi connectivity index (χ3v) is 5.27. The SMILES string of the molecule is O=C(c1ccco1)N1CCSC1c1cccc(Oc2ccccc2)c1. The molecule has 0 spiro atoms. The van der Waals surface area contributed by atoms with Crippen LogP contribution in [-0.4, -0.2) is 23.1 Å². The van der Waals surface area contributed by atoms with Gasteiger partial charge in [0.05, 0.1) is 6.26 Å². The number of carbonyl (C=O) groups excluding carboxylic acids is 1. The van der Waals surface area contributed by atoms with E-state index in [0.29, 0.717) is 12.3 Å². The van der Waals surface area contributed by atoms with Crippen LogP contribution in [0, 0.1) is 0 Å². The van der Waals surface area contributed by atoms with E-state index in [1.807, 2.05) is 59.5 Å². The van der Waals surface area contributed by atoms with Gasteiger partial charge in [-0.2, -0.15) is 0 Å². The fourth-order valence-electron chi connectivity index (χ4n) is 2.85. The van der Waals surface area contributed by atoms with Crippen molar-refractivity contribution in [1.82, 2.24) is 4.90 Å². The number of thioether (sulfide) groups is 1. The number of rotatable bonds is 4. The first kappa shape index (κ1) is 15.8. The van der Waals surface area contributed by atoms with Crippen LogP contribution in [-0.2, 0) is 0 Å². The maximum Gasteiger partial charge on any atom is 0.290 e. The van der Waals surface area contributed by atoms with Gasteiger partial charge in [0.15, 0.2) is 5.76 Å². The quantitative estimate of drug-likeness (QED) is 0.666. The molecule has 4 rings (SSSR count). The van der Waals surface area contributed by atoms with Gasteiger partial charge in [-0.1, -0.05) is 30.3 Å². The minimum Gasteiger partial charge on any atom is -0.459 e. The third kappa shape index (κ3) is 3.42. The standard InChI is InChI=1S/C20H17NO3S/c22-19(18-10-5-12-23-18)21-11-13-25-20(21)15-6-4-9-17(14-15)24-16-7-2-1-3-8-16/h1-10,12,14,20H,11,13H2. The van der Waals surface area contributed by atoms with Crippen LogP contribution in [0.4, 0.5) is 0 Å². The van der Waals surface area contributed by atoms with Crippen LogP contribution in [0.2, 0.25) is 0 Å². The molecule has 1 aromatic heterocycles. The number of hydrogen-bond donors (Lipinski definition) is 0. The molecule has 0 bridgehead atoms. The fourth-order valence-corrected chi connectivity index (χ4v) is 4.10. The lowest BCUT2D eigenvalue weighted by molar-refractivity contribution is 0.0728. The average Bonchev–Trinajstić information content (AvgIpc) is 3.34. The Labute approximate surface area is 150 Å². The summed E-state index contributed by atoms with van der Waals surface area (Å²) in [7, 11) is 0. The second-order valence-corrected chi connectivity index (χ2v) is 6.87. The average molecular weight is 351 g/mol. The van der Waals surface area contributed by atoms with Crippen LogP contribution < -0.4 is 4.74 Å². The van der Waals surface area contributed by atoms with E-state index in [0.717, 1.165) is 22.8 Å². The molecule has 4 nitrogen and oxygen atoms in total. The Balaban J connectivity index is 1.56. The van der Waals surface area contributed by atoms with E-state index in [2.05, 4.69) is 0 Å². The lowest BCUT2D eigenvalue weighted by Gasteiger charge is -2.23. The molecule has 1 amide bonds. The summed E-state index contributed by atoms with van der Waals surface area (Å²) in [6.45, 7) is 0.707. The Hall–Kier alpha value is -2.66. The molecule has 3 aromatic rings. The number of carbonyl (C=O) groups is 1. The Kier molecular flexibility index (Phi) is 4.48. The molecule has 25 heavy (non-hydrogen) atoms. The number of amides is 1. The Morgan fingerprint density at radius 1 is 1.04 bits per heavy atom. The van der Waals surface area contributed by atoms with Gasteiger partial charge >= 0.3 is 0 Å². The summed E-state index contributed by atoms with van der Waals surface area (Å²) in [5.41, 5.74) is 1.05. The molecule has 1 aliphatic heterocycles. The van der Waals surface area contributed by atoms with Gasteiger partial charge in [-0.25, -0.2) is 0 Å². The van der Waals surface area contributed by atoms with E-state index in [1.165, 1.54) is 6.26 Å². The number of para-hydroxylation sites is 1. The molecule has 2 heterocycles. The molecule has 1 unspecified atom stereocenters. The summed E-state index contributed by atoms with van der Waals surface area (Å²) in [6, 6.07) is 21.0. The highest BCUT2D eigenvalue weighted by atomic mass is 32.2. The Morgan fingerprint density at radius 2 is 1.88 bits per heavy atom.